The molecule has 0 aromatic carbocycles. The maximum absolute atomic E-state index is 5.39. The maximum atomic E-state index is 5.39. The number of hydrogen-bond acceptors (Lipinski definition) is 2. The quantitative estimate of drug-likeness (QED) is 0.572. The lowest BCUT2D eigenvalue weighted by molar-refractivity contribution is 0.564. The fourth-order valence-electron chi connectivity index (χ4n) is 1.17. The van der Waals surface area contributed by atoms with Gasteiger partial charge in [0.1, 0.15) is 5.76 Å². The van der Waals surface area contributed by atoms with Crippen LogP contribution in [0.15, 0.2) is 22.7 Å². The van der Waals surface area contributed by atoms with Crippen molar-refractivity contribution in [2.75, 3.05) is 0 Å². The molecular formula is C9H9NO. The molecule has 0 amide bonds. The number of rotatable bonds is 0. The summed E-state index contributed by atoms with van der Waals surface area (Å²) < 4.78 is 5.39. The highest BCUT2D eigenvalue weighted by Crippen LogP contribution is 2.21. The molecule has 0 fully saturated rings. The van der Waals surface area contributed by atoms with Gasteiger partial charge >= 0.3 is 0 Å². The van der Waals surface area contributed by atoms with E-state index in [1.54, 1.807) is 6.20 Å². The number of furan rings is 1. The Morgan fingerprint density at radius 2 is 2.18 bits per heavy atom. The standard InChI is InChI=1S/C9H9NO/c1-6-7(2)11-9-8(6)4-3-5-10-9/h3-5H,1-2H3. The Hall–Kier alpha value is -1.31. The van der Waals surface area contributed by atoms with Crippen molar-refractivity contribution in [3.63, 3.8) is 0 Å². The number of pyridine rings is 1. The summed E-state index contributed by atoms with van der Waals surface area (Å²) in [5.41, 5.74) is 1.93. The first-order valence-corrected chi connectivity index (χ1v) is 3.60. The second kappa shape index (κ2) is 2.09. The Bertz CT molecular complexity index is 389. The van der Waals surface area contributed by atoms with Gasteiger partial charge in [-0.2, -0.15) is 0 Å². The molecule has 2 aromatic rings. The Morgan fingerprint density at radius 3 is 2.91 bits per heavy atom. The molecule has 0 spiro atoms. The summed E-state index contributed by atoms with van der Waals surface area (Å²) in [5, 5.41) is 1.12. The van der Waals surface area contributed by atoms with Gasteiger partial charge in [0.05, 0.1) is 0 Å². The number of aryl methyl sites for hydroxylation is 2. The van der Waals surface area contributed by atoms with Gasteiger partial charge in [0.2, 0.25) is 5.71 Å². The summed E-state index contributed by atoms with van der Waals surface area (Å²) in [6.45, 7) is 4.00. The number of aromatic nitrogens is 1. The molecule has 11 heavy (non-hydrogen) atoms. The van der Waals surface area contributed by atoms with Gasteiger partial charge in [-0.3, -0.25) is 0 Å². The van der Waals surface area contributed by atoms with E-state index in [0.717, 1.165) is 16.9 Å². The Kier molecular flexibility index (Phi) is 1.22. The van der Waals surface area contributed by atoms with E-state index in [0.29, 0.717) is 0 Å². The molecule has 0 aliphatic carbocycles. The molecule has 2 nitrogen and oxygen atoms in total. The van der Waals surface area contributed by atoms with Gasteiger partial charge in [-0.1, -0.05) is 0 Å². The first-order chi connectivity index (χ1) is 5.29. The lowest BCUT2D eigenvalue weighted by Crippen LogP contribution is -1.71. The molecule has 0 atom stereocenters. The summed E-state index contributed by atoms with van der Waals surface area (Å²) in [6, 6.07) is 3.94. The molecule has 2 rings (SSSR count). The minimum atomic E-state index is 0.738. The van der Waals surface area contributed by atoms with Gasteiger partial charge in [0.25, 0.3) is 0 Å². The molecule has 0 N–H and O–H groups in total. The van der Waals surface area contributed by atoms with Crippen molar-refractivity contribution in [1.82, 2.24) is 4.98 Å². The predicted octanol–water partition coefficient (Wildman–Crippen LogP) is 2.44. The third-order valence-electron chi connectivity index (χ3n) is 1.95. The molecule has 0 bridgehead atoms. The molecule has 0 radical (unpaired) electrons. The van der Waals surface area contributed by atoms with Gasteiger partial charge in [-0.05, 0) is 31.5 Å². The van der Waals surface area contributed by atoms with E-state index < -0.39 is 0 Å². The topological polar surface area (TPSA) is 26.0 Å². The SMILES string of the molecule is Cc1oc2ncccc2c1C. The van der Waals surface area contributed by atoms with Gasteiger partial charge in [-0.25, -0.2) is 4.98 Å². The summed E-state index contributed by atoms with van der Waals surface area (Å²) >= 11 is 0. The van der Waals surface area contributed by atoms with Crippen LogP contribution in [0.3, 0.4) is 0 Å². The lowest BCUT2D eigenvalue weighted by atomic mass is 10.2. The fraction of sp³-hybridized carbons (Fsp3) is 0.222. The minimum Gasteiger partial charge on any atom is -0.443 e. The van der Waals surface area contributed by atoms with Crippen LogP contribution in [0.25, 0.3) is 11.1 Å². The molecule has 0 aliphatic heterocycles. The maximum Gasteiger partial charge on any atom is 0.226 e. The van der Waals surface area contributed by atoms with E-state index in [2.05, 4.69) is 4.98 Å². The number of fused-ring (bicyclic) bond motifs is 1. The lowest BCUT2D eigenvalue weighted by Gasteiger charge is -1.84. The molecule has 0 unspecified atom stereocenters. The normalized spacial score (nSPS) is 10.7. The Labute approximate surface area is 64.9 Å². The first kappa shape index (κ1) is 6.40. The van der Waals surface area contributed by atoms with Gasteiger partial charge in [-0.15, -0.1) is 0 Å². The van der Waals surface area contributed by atoms with Crippen molar-refractivity contribution in [2.24, 2.45) is 0 Å². The largest absolute Gasteiger partial charge is 0.443 e. The second-order valence-corrected chi connectivity index (χ2v) is 2.64. The highest BCUT2D eigenvalue weighted by atomic mass is 16.3. The van der Waals surface area contributed by atoms with E-state index in [1.165, 1.54) is 5.56 Å². The molecular weight excluding hydrogens is 138 g/mol. The highest BCUT2D eigenvalue weighted by Gasteiger charge is 2.04. The summed E-state index contributed by atoms with van der Waals surface area (Å²) in [7, 11) is 0. The van der Waals surface area contributed by atoms with E-state index in [-0.39, 0.29) is 0 Å². The van der Waals surface area contributed by atoms with Crippen molar-refractivity contribution < 1.29 is 4.42 Å². The molecule has 56 valence electrons. The van der Waals surface area contributed by atoms with Crippen molar-refractivity contribution in [3.05, 3.63) is 29.7 Å². The molecule has 0 aliphatic rings. The predicted molar refractivity (Wildman–Crippen MR) is 43.5 cm³/mol. The third-order valence-corrected chi connectivity index (χ3v) is 1.95. The van der Waals surface area contributed by atoms with Crippen LogP contribution in [0.2, 0.25) is 0 Å². The fourth-order valence-corrected chi connectivity index (χ4v) is 1.17. The average molecular weight is 147 g/mol. The van der Waals surface area contributed by atoms with Gasteiger partial charge < -0.3 is 4.42 Å². The molecule has 2 heterocycles. The number of hydrogen-bond donors (Lipinski definition) is 0. The first-order valence-electron chi connectivity index (χ1n) is 3.60. The molecule has 0 saturated heterocycles. The van der Waals surface area contributed by atoms with Gasteiger partial charge in [0.15, 0.2) is 0 Å². The van der Waals surface area contributed by atoms with Crippen LogP contribution in [0.1, 0.15) is 11.3 Å². The summed E-state index contributed by atoms with van der Waals surface area (Å²) in [6.07, 6.45) is 1.74. The summed E-state index contributed by atoms with van der Waals surface area (Å²) in [5.74, 6) is 0.957. The summed E-state index contributed by atoms with van der Waals surface area (Å²) in [4.78, 5) is 4.10. The molecule has 2 aromatic heterocycles. The monoisotopic (exact) mass is 147 g/mol. The Morgan fingerprint density at radius 1 is 1.36 bits per heavy atom. The van der Waals surface area contributed by atoms with Crippen molar-refractivity contribution >= 4 is 11.1 Å². The molecule has 2 heteroatoms. The Balaban J connectivity index is 2.92. The molecule has 0 saturated carbocycles. The average Bonchev–Trinajstić information content (AvgIpc) is 2.30. The zero-order valence-corrected chi connectivity index (χ0v) is 6.59. The van der Waals surface area contributed by atoms with Crippen LogP contribution >= 0.6 is 0 Å². The van der Waals surface area contributed by atoms with Crippen LogP contribution in [0.4, 0.5) is 0 Å². The smallest absolute Gasteiger partial charge is 0.226 e. The van der Waals surface area contributed by atoms with Crippen LogP contribution in [-0.4, -0.2) is 4.98 Å². The highest BCUT2D eigenvalue weighted by molar-refractivity contribution is 5.78. The van der Waals surface area contributed by atoms with Gasteiger partial charge in [0, 0.05) is 11.6 Å². The zero-order chi connectivity index (χ0) is 7.84. The van der Waals surface area contributed by atoms with Crippen LogP contribution in [0, 0.1) is 13.8 Å². The van der Waals surface area contributed by atoms with Crippen molar-refractivity contribution in [2.45, 2.75) is 13.8 Å². The van der Waals surface area contributed by atoms with Crippen LogP contribution in [0.5, 0.6) is 0 Å². The van der Waals surface area contributed by atoms with E-state index in [1.807, 2.05) is 26.0 Å². The zero-order valence-electron chi connectivity index (χ0n) is 6.59. The van der Waals surface area contributed by atoms with E-state index in [4.69, 9.17) is 4.42 Å². The minimum absolute atomic E-state index is 0.738. The van der Waals surface area contributed by atoms with E-state index >= 15 is 0 Å². The van der Waals surface area contributed by atoms with Crippen LogP contribution < -0.4 is 0 Å². The number of nitrogens with zero attached hydrogens (tertiary/aromatic N) is 1. The van der Waals surface area contributed by atoms with Crippen LogP contribution in [-0.2, 0) is 0 Å². The third kappa shape index (κ3) is 0.827. The van der Waals surface area contributed by atoms with Crippen molar-refractivity contribution in [1.29, 1.82) is 0 Å². The van der Waals surface area contributed by atoms with E-state index in [9.17, 15) is 0 Å². The van der Waals surface area contributed by atoms with Crippen molar-refractivity contribution in [3.8, 4) is 0 Å². The second-order valence-electron chi connectivity index (χ2n) is 2.64.